The third-order valence-corrected chi connectivity index (χ3v) is 3.95. The van der Waals surface area contributed by atoms with Gasteiger partial charge in [0.25, 0.3) is 0 Å². The van der Waals surface area contributed by atoms with Crippen molar-refractivity contribution in [2.24, 2.45) is 0 Å². The standard InChI is InChI=1S/C17H13ClN4/c18-13-6-7-16-14(8-13)15(12-4-2-1-3-5-12)9-19-10-17-21-20-11-22(16)17/h1-9,11,19H,10H2. The van der Waals surface area contributed by atoms with E-state index in [1.165, 1.54) is 0 Å². The second kappa shape index (κ2) is 5.31. The van der Waals surface area contributed by atoms with Crippen molar-refractivity contribution in [3.05, 3.63) is 83.0 Å². The highest BCUT2D eigenvalue weighted by atomic mass is 35.5. The summed E-state index contributed by atoms with van der Waals surface area (Å²) < 4.78 is 1.99. The van der Waals surface area contributed by atoms with Gasteiger partial charge in [-0.3, -0.25) is 4.57 Å². The summed E-state index contributed by atoms with van der Waals surface area (Å²) in [6.07, 6.45) is 3.75. The molecule has 0 saturated heterocycles. The van der Waals surface area contributed by atoms with Gasteiger partial charge in [-0.2, -0.15) is 0 Å². The van der Waals surface area contributed by atoms with Gasteiger partial charge >= 0.3 is 0 Å². The van der Waals surface area contributed by atoms with Crippen LogP contribution in [-0.4, -0.2) is 14.8 Å². The van der Waals surface area contributed by atoms with E-state index < -0.39 is 0 Å². The van der Waals surface area contributed by atoms with Crippen molar-refractivity contribution in [3.8, 4) is 5.69 Å². The highest BCUT2D eigenvalue weighted by Crippen LogP contribution is 2.31. The third-order valence-electron chi connectivity index (χ3n) is 3.72. The van der Waals surface area contributed by atoms with Gasteiger partial charge in [0.1, 0.15) is 6.33 Å². The van der Waals surface area contributed by atoms with Crippen LogP contribution >= 0.6 is 11.6 Å². The van der Waals surface area contributed by atoms with Crippen molar-refractivity contribution in [1.29, 1.82) is 0 Å². The van der Waals surface area contributed by atoms with Crippen molar-refractivity contribution in [3.63, 3.8) is 0 Å². The molecule has 0 bridgehead atoms. The molecule has 0 spiro atoms. The summed E-state index contributed by atoms with van der Waals surface area (Å²) in [5, 5.41) is 12.2. The van der Waals surface area contributed by atoms with Crippen molar-refractivity contribution in [2.75, 3.05) is 0 Å². The highest BCUT2D eigenvalue weighted by molar-refractivity contribution is 6.30. The second-order valence-electron chi connectivity index (χ2n) is 5.08. The fraction of sp³-hybridized carbons (Fsp3) is 0.0588. The molecule has 108 valence electrons. The Hall–Kier alpha value is -2.59. The van der Waals surface area contributed by atoms with Crippen LogP contribution in [0, 0.1) is 0 Å². The quantitative estimate of drug-likeness (QED) is 0.749. The zero-order valence-corrected chi connectivity index (χ0v) is 12.5. The molecule has 4 nitrogen and oxygen atoms in total. The molecule has 0 unspecified atom stereocenters. The van der Waals surface area contributed by atoms with Gasteiger partial charge in [-0.25, -0.2) is 0 Å². The van der Waals surface area contributed by atoms with Gasteiger partial charge in [-0.15, -0.1) is 10.2 Å². The summed E-state index contributed by atoms with van der Waals surface area (Å²) in [4.78, 5) is 0. The van der Waals surface area contributed by atoms with Crippen LogP contribution in [0.15, 0.2) is 61.1 Å². The van der Waals surface area contributed by atoms with Crippen LogP contribution in [0.1, 0.15) is 17.0 Å². The molecule has 3 aromatic rings. The Labute approximate surface area is 133 Å². The zero-order valence-electron chi connectivity index (χ0n) is 11.7. The second-order valence-corrected chi connectivity index (χ2v) is 5.52. The van der Waals surface area contributed by atoms with E-state index in [9.17, 15) is 0 Å². The van der Waals surface area contributed by atoms with Crippen LogP contribution < -0.4 is 5.32 Å². The van der Waals surface area contributed by atoms with Crippen LogP contribution in [0.4, 0.5) is 0 Å². The molecule has 0 atom stereocenters. The monoisotopic (exact) mass is 308 g/mol. The maximum Gasteiger partial charge on any atom is 0.156 e. The number of aromatic nitrogens is 3. The lowest BCUT2D eigenvalue weighted by atomic mass is 9.96. The van der Waals surface area contributed by atoms with Gasteiger partial charge in [0.05, 0.1) is 12.2 Å². The Bertz CT molecular complexity index is 852. The van der Waals surface area contributed by atoms with E-state index in [-0.39, 0.29) is 0 Å². The average molecular weight is 309 g/mol. The van der Waals surface area contributed by atoms with Crippen molar-refractivity contribution in [1.82, 2.24) is 20.1 Å². The minimum Gasteiger partial charge on any atom is -0.383 e. The zero-order chi connectivity index (χ0) is 14.9. The third kappa shape index (κ3) is 2.18. The smallest absolute Gasteiger partial charge is 0.156 e. The first kappa shape index (κ1) is 13.1. The van der Waals surface area contributed by atoms with E-state index in [0.29, 0.717) is 11.6 Å². The molecular weight excluding hydrogens is 296 g/mol. The maximum absolute atomic E-state index is 6.24. The van der Waals surface area contributed by atoms with Crippen LogP contribution in [0.2, 0.25) is 5.02 Å². The summed E-state index contributed by atoms with van der Waals surface area (Å²) >= 11 is 6.24. The van der Waals surface area contributed by atoms with E-state index in [1.54, 1.807) is 6.33 Å². The van der Waals surface area contributed by atoms with Gasteiger partial charge in [0.2, 0.25) is 0 Å². The van der Waals surface area contributed by atoms with Crippen molar-refractivity contribution in [2.45, 2.75) is 6.54 Å². The number of halogens is 1. The first-order valence-corrected chi connectivity index (χ1v) is 7.39. The largest absolute Gasteiger partial charge is 0.383 e. The lowest BCUT2D eigenvalue weighted by molar-refractivity contribution is 0.763. The first-order chi connectivity index (χ1) is 10.8. The fourth-order valence-corrected chi connectivity index (χ4v) is 2.87. The van der Waals surface area contributed by atoms with Crippen LogP contribution in [0.3, 0.4) is 0 Å². The summed E-state index contributed by atoms with van der Waals surface area (Å²) in [5.41, 5.74) is 4.31. The summed E-state index contributed by atoms with van der Waals surface area (Å²) in [7, 11) is 0. The number of rotatable bonds is 1. The number of hydrogen-bond donors (Lipinski definition) is 1. The van der Waals surface area contributed by atoms with Gasteiger partial charge in [0, 0.05) is 22.4 Å². The molecule has 0 amide bonds. The van der Waals surface area contributed by atoms with E-state index in [2.05, 4.69) is 27.6 Å². The van der Waals surface area contributed by atoms with E-state index in [4.69, 9.17) is 11.6 Å². The summed E-state index contributed by atoms with van der Waals surface area (Å²) in [6.45, 7) is 0.623. The van der Waals surface area contributed by atoms with Crippen molar-refractivity contribution >= 4 is 17.2 Å². The molecule has 1 aliphatic rings. The van der Waals surface area contributed by atoms with E-state index in [0.717, 1.165) is 28.2 Å². The minimum absolute atomic E-state index is 0.623. The highest BCUT2D eigenvalue weighted by Gasteiger charge is 2.17. The molecule has 5 heteroatoms. The number of hydrogen-bond acceptors (Lipinski definition) is 3. The van der Waals surface area contributed by atoms with Crippen LogP contribution in [-0.2, 0) is 6.54 Å². The molecule has 2 heterocycles. The molecule has 0 fully saturated rings. The van der Waals surface area contributed by atoms with Gasteiger partial charge in [0.15, 0.2) is 5.82 Å². The normalized spacial score (nSPS) is 13.2. The Morgan fingerprint density at radius 1 is 1.09 bits per heavy atom. The van der Waals surface area contributed by atoms with Crippen LogP contribution in [0.5, 0.6) is 0 Å². The van der Waals surface area contributed by atoms with Crippen molar-refractivity contribution < 1.29 is 0 Å². The molecule has 1 N–H and O–H groups in total. The Morgan fingerprint density at radius 2 is 1.95 bits per heavy atom. The molecule has 0 radical (unpaired) electrons. The topological polar surface area (TPSA) is 42.7 Å². The molecule has 1 aliphatic heterocycles. The van der Waals surface area contributed by atoms with Gasteiger partial charge < -0.3 is 5.32 Å². The predicted octanol–water partition coefficient (Wildman–Crippen LogP) is 3.41. The van der Waals surface area contributed by atoms with Crippen LogP contribution in [0.25, 0.3) is 11.3 Å². The van der Waals surface area contributed by atoms with E-state index >= 15 is 0 Å². The average Bonchev–Trinajstić information content (AvgIpc) is 2.98. The molecule has 2 aromatic carbocycles. The molecule has 22 heavy (non-hydrogen) atoms. The Balaban J connectivity index is 1.98. The number of benzene rings is 2. The lowest BCUT2D eigenvalue weighted by Gasteiger charge is -2.19. The van der Waals surface area contributed by atoms with Gasteiger partial charge in [-0.05, 0) is 23.8 Å². The first-order valence-electron chi connectivity index (χ1n) is 7.01. The molecule has 0 aliphatic carbocycles. The fourth-order valence-electron chi connectivity index (χ4n) is 2.69. The Morgan fingerprint density at radius 3 is 2.82 bits per heavy atom. The molecule has 0 saturated carbocycles. The molecular formula is C17H13ClN4. The summed E-state index contributed by atoms with van der Waals surface area (Å²) in [6, 6.07) is 16.1. The Kier molecular flexibility index (Phi) is 3.16. The molecule has 1 aromatic heterocycles. The number of nitrogens with one attached hydrogen (secondary N) is 1. The summed E-state index contributed by atoms with van der Waals surface area (Å²) in [5.74, 6) is 0.868. The van der Waals surface area contributed by atoms with E-state index in [1.807, 2.05) is 47.2 Å². The molecule has 4 rings (SSSR count). The number of fused-ring (bicyclic) bond motifs is 3. The predicted molar refractivity (Wildman–Crippen MR) is 86.7 cm³/mol. The van der Waals surface area contributed by atoms with Gasteiger partial charge in [-0.1, -0.05) is 41.9 Å². The maximum atomic E-state index is 6.24. The SMILES string of the molecule is Clc1ccc2c(c1)C(c1ccccc1)=CNCc1nncn1-2. The number of nitrogens with zero attached hydrogens (tertiary/aromatic N) is 3. The lowest BCUT2D eigenvalue weighted by Crippen LogP contribution is -2.15. The minimum atomic E-state index is 0.623.